The first kappa shape index (κ1) is 15.7. The number of hydrogen-bond donors (Lipinski definition) is 3. The maximum atomic E-state index is 8.95. The molecule has 1 aromatic heterocycles. The van der Waals surface area contributed by atoms with Gasteiger partial charge in [0.15, 0.2) is 0 Å². The van der Waals surface area contributed by atoms with Crippen molar-refractivity contribution >= 4 is 11.6 Å². The molecule has 0 amide bonds. The van der Waals surface area contributed by atoms with Crippen LogP contribution in [0.15, 0.2) is 6.07 Å². The molecule has 0 radical (unpaired) electrons. The maximum Gasteiger partial charge on any atom is 0.145 e. The molecular weight excluding hydrogens is 242 g/mol. The molecule has 0 atom stereocenters. The van der Waals surface area contributed by atoms with Gasteiger partial charge in [-0.15, -0.1) is 0 Å². The van der Waals surface area contributed by atoms with Gasteiger partial charge in [0, 0.05) is 31.2 Å². The molecule has 0 saturated carbocycles. The number of anilines is 2. The zero-order valence-corrected chi connectivity index (χ0v) is 12.3. The van der Waals surface area contributed by atoms with Crippen LogP contribution in [0.25, 0.3) is 0 Å². The highest BCUT2D eigenvalue weighted by Crippen LogP contribution is 2.23. The highest BCUT2D eigenvalue weighted by molar-refractivity contribution is 5.49. The first-order valence-corrected chi connectivity index (χ1v) is 6.64. The lowest BCUT2D eigenvalue weighted by atomic mass is 9.96. The Morgan fingerprint density at radius 1 is 1.37 bits per heavy atom. The molecule has 0 fully saturated rings. The molecule has 1 rings (SSSR count). The van der Waals surface area contributed by atoms with E-state index in [9.17, 15) is 0 Å². The molecule has 4 N–H and O–H groups in total. The summed E-state index contributed by atoms with van der Waals surface area (Å²) in [6, 6.07) is 1.83. The van der Waals surface area contributed by atoms with E-state index in [4.69, 9.17) is 10.9 Å². The monoisotopic (exact) mass is 267 g/mol. The van der Waals surface area contributed by atoms with E-state index in [1.54, 1.807) is 0 Å². The van der Waals surface area contributed by atoms with Crippen molar-refractivity contribution < 1.29 is 5.11 Å². The molecule has 0 bridgehead atoms. The predicted octanol–water partition coefficient (Wildman–Crippen LogP) is 1.27. The van der Waals surface area contributed by atoms with E-state index in [2.05, 4.69) is 48.0 Å². The number of rotatable bonds is 6. The minimum absolute atomic E-state index is 0.141. The van der Waals surface area contributed by atoms with Crippen LogP contribution in [0.3, 0.4) is 0 Å². The summed E-state index contributed by atoms with van der Waals surface area (Å²) in [6.07, 6.45) is 0.716. The Balaban J connectivity index is 3.11. The van der Waals surface area contributed by atoms with Gasteiger partial charge in [-0.05, 0) is 13.3 Å². The van der Waals surface area contributed by atoms with Gasteiger partial charge in [0.1, 0.15) is 17.5 Å². The summed E-state index contributed by atoms with van der Waals surface area (Å²) < 4.78 is 0. The zero-order chi connectivity index (χ0) is 14.5. The second-order valence-electron chi connectivity index (χ2n) is 5.49. The molecule has 19 heavy (non-hydrogen) atoms. The van der Waals surface area contributed by atoms with Gasteiger partial charge in [-0.25, -0.2) is 15.8 Å². The van der Waals surface area contributed by atoms with Gasteiger partial charge < -0.3 is 15.4 Å². The van der Waals surface area contributed by atoms with Crippen molar-refractivity contribution in [2.75, 3.05) is 30.0 Å². The highest BCUT2D eigenvalue weighted by Gasteiger charge is 2.20. The molecule has 1 aromatic rings. The molecule has 0 unspecified atom stereocenters. The lowest BCUT2D eigenvalue weighted by Gasteiger charge is -2.25. The van der Waals surface area contributed by atoms with Crippen LogP contribution in [0.2, 0.25) is 0 Å². The Bertz CT molecular complexity index is 403. The number of aromatic nitrogens is 2. The molecular formula is C13H25N5O. The molecule has 6 nitrogen and oxygen atoms in total. The van der Waals surface area contributed by atoms with Crippen molar-refractivity contribution in [1.82, 2.24) is 9.97 Å². The molecule has 108 valence electrons. The Labute approximate surface area is 115 Å². The minimum Gasteiger partial charge on any atom is -0.396 e. The lowest BCUT2D eigenvalue weighted by molar-refractivity contribution is 0.289. The summed E-state index contributed by atoms with van der Waals surface area (Å²) >= 11 is 0. The van der Waals surface area contributed by atoms with Crippen LogP contribution in [0.1, 0.15) is 39.9 Å². The number of nitrogens with one attached hydrogen (secondary N) is 1. The molecule has 6 heteroatoms. The Morgan fingerprint density at radius 2 is 2.05 bits per heavy atom. The van der Waals surface area contributed by atoms with Gasteiger partial charge >= 0.3 is 0 Å². The van der Waals surface area contributed by atoms with Crippen molar-refractivity contribution in [3.05, 3.63) is 11.9 Å². The molecule has 0 spiro atoms. The Hall–Kier alpha value is -1.40. The zero-order valence-electron chi connectivity index (χ0n) is 12.3. The third-order valence-electron chi connectivity index (χ3n) is 2.82. The van der Waals surface area contributed by atoms with Crippen molar-refractivity contribution in [2.24, 2.45) is 5.84 Å². The fourth-order valence-corrected chi connectivity index (χ4v) is 1.70. The van der Waals surface area contributed by atoms with Crippen LogP contribution in [-0.2, 0) is 5.41 Å². The van der Waals surface area contributed by atoms with E-state index in [-0.39, 0.29) is 12.0 Å². The lowest BCUT2D eigenvalue weighted by Crippen LogP contribution is -2.28. The van der Waals surface area contributed by atoms with Crippen LogP contribution < -0.4 is 16.2 Å². The molecule has 0 saturated heterocycles. The predicted molar refractivity (Wildman–Crippen MR) is 78.1 cm³/mol. The average molecular weight is 267 g/mol. The van der Waals surface area contributed by atoms with Gasteiger partial charge in [-0.2, -0.15) is 0 Å². The Kier molecular flexibility index (Phi) is 5.50. The van der Waals surface area contributed by atoms with Gasteiger partial charge in [0.25, 0.3) is 0 Å². The van der Waals surface area contributed by atoms with Gasteiger partial charge in [0.2, 0.25) is 0 Å². The molecule has 0 aliphatic carbocycles. The standard InChI is InChI=1S/C13H25N5O/c1-5-18(7-6-8-19)11-9-10(17-14)15-12(16-11)13(2,3)4/h9,19H,5-8,14H2,1-4H3,(H,15,16,17). The number of aliphatic hydroxyl groups excluding tert-OH is 1. The van der Waals surface area contributed by atoms with Gasteiger partial charge in [-0.1, -0.05) is 20.8 Å². The van der Waals surface area contributed by atoms with Crippen molar-refractivity contribution in [3.8, 4) is 0 Å². The fraction of sp³-hybridized carbons (Fsp3) is 0.692. The van der Waals surface area contributed by atoms with Crippen molar-refractivity contribution in [1.29, 1.82) is 0 Å². The third kappa shape index (κ3) is 4.33. The van der Waals surface area contributed by atoms with Crippen LogP contribution >= 0.6 is 0 Å². The average Bonchev–Trinajstić information content (AvgIpc) is 2.38. The van der Waals surface area contributed by atoms with E-state index in [1.807, 2.05) is 6.07 Å². The quantitative estimate of drug-likeness (QED) is 0.531. The topological polar surface area (TPSA) is 87.3 Å². The summed E-state index contributed by atoms with van der Waals surface area (Å²) in [5.74, 6) is 7.67. The second-order valence-corrected chi connectivity index (χ2v) is 5.49. The van der Waals surface area contributed by atoms with E-state index >= 15 is 0 Å². The highest BCUT2D eigenvalue weighted by atomic mass is 16.3. The maximum absolute atomic E-state index is 8.95. The molecule has 0 aromatic carbocycles. The summed E-state index contributed by atoms with van der Waals surface area (Å²) in [7, 11) is 0. The van der Waals surface area contributed by atoms with Crippen LogP contribution in [-0.4, -0.2) is 34.8 Å². The summed E-state index contributed by atoms with van der Waals surface area (Å²) in [5, 5.41) is 8.95. The second kappa shape index (κ2) is 6.68. The van der Waals surface area contributed by atoms with Crippen LogP contribution in [0.4, 0.5) is 11.6 Å². The first-order valence-electron chi connectivity index (χ1n) is 6.64. The fourth-order valence-electron chi connectivity index (χ4n) is 1.70. The number of nitrogen functional groups attached to an aromatic ring is 1. The van der Waals surface area contributed by atoms with Gasteiger partial charge in [-0.3, -0.25) is 0 Å². The third-order valence-corrected chi connectivity index (χ3v) is 2.82. The molecule has 1 heterocycles. The number of nitrogens with two attached hydrogens (primary N) is 1. The number of nitrogens with zero attached hydrogens (tertiary/aromatic N) is 3. The summed E-state index contributed by atoms with van der Waals surface area (Å²) in [6.45, 7) is 10.0. The van der Waals surface area contributed by atoms with E-state index in [1.165, 1.54) is 0 Å². The molecule has 0 aliphatic rings. The van der Waals surface area contributed by atoms with Crippen molar-refractivity contribution in [3.63, 3.8) is 0 Å². The number of aliphatic hydroxyl groups is 1. The number of hydrazine groups is 1. The van der Waals surface area contributed by atoms with Crippen LogP contribution in [0, 0.1) is 0 Å². The smallest absolute Gasteiger partial charge is 0.145 e. The van der Waals surface area contributed by atoms with E-state index in [0.717, 1.165) is 24.7 Å². The Morgan fingerprint density at radius 3 is 2.53 bits per heavy atom. The minimum atomic E-state index is -0.141. The molecule has 0 aliphatic heterocycles. The normalized spacial score (nSPS) is 11.5. The number of hydrogen-bond acceptors (Lipinski definition) is 6. The van der Waals surface area contributed by atoms with Crippen molar-refractivity contribution in [2.45, 2.75) is 39.5 Å². The first-order chi connectivity index (χ1) is 8.92. The van der Waals surface area contributed by atoms with E-state index in [0.29, 0.717) is 12.2 Å². The summed E-state index contributed by atoms with van der Waals surface area (Å²) in [4.78, 5) is 11.1. The van der Waals surface area contributed by atoms with Gasteiger partial charge in [0.05, 0.1) is 0 Å². The summed E-state index contributed by atoms with van der Waals surface area (Å²) in [5.41, 5.74) is 2.45. The largest absolute Gasteiger partial charge is 0.396 e. The van der Waals surface area contributed by atoms with E-state index < -0.39 is 0 Å². The SMILES string of the molecule is CCN(CCCO)c1cc(NN)nc(C(C)(C)C)n1. The van der Waals surface area contributed by atoms with Crippen LogP contribution in [0.5, 0.6) is 0 Å².